The summed E-state index contributed by atoms with van der Waals surface area (Å²) in [7, 11) is 0. The second-order valence-corrected chi connectivity index (χ2v) is 8.95. The maximum atomic E-state index is 12.4. The molecular weight excluding hydrogens is 336 g/mol. The van der Waals surface area contributed by atoms with Crippen molar-refractivity contribution < 1.29 is 14.3 Å². The Morgan fingerprint density at radius 2 is 2.12 bits per heavy atom. The van der Waals surface area contributed by atoms with E-state index in [0.717, 1.165) is 44.1 Å². The molecule has 1 saturated heterocycles. The van der Waals surface area contributed by atoms with Crippen LogP contribution < -0.4 is 11.1 Å². The molecule has 3 rings (SSSR count). The van der Waals surface area contributed by atoms with E-state index in [1.807, 2.05) is 0 Å². The number of rotatable bonds is 5. The van der Waals surface area contributed by atoms with Crippen LogP contribution in [0.5, 0.6) is 0 Å². The van der Waals surface area contributed by atoms with E-state index in [4.69, 9.17) is 10.5 Å². The average molecular weight is 365 g/mol. The first-order chi connectivity index (χ1) is 11.8. The first-order valence-electron chi connectivity index (χ1n) is 9.20. The maximum absolute atomic E-state index is 12.4. The molecule has 2 heterocycles. The molecule has 25 heavy (non-hydrogen) atoms. The van der Waals surface area contributed by atoms with Crippen molar-refractivity contribution in [3.05, 3.63) is 16.0 Å². The van der Waals surface area contributed by atoms with Crippen molar-refractivity contribution in [3.63, 3.8) is 0 Å². The Morgan fingerprint density at radius 3 is 2.72 bits per heavy atom. The largest absolute Gasteiger partial charge is 0.368 e. The number of fused-ring (bicyclic) bond motifs is 1. The van der Waals surface area contributed by atoms with Gasteiger partial charge < -0.3 is 15.8 Å². The van der Waals surface area contributed by atoms with Crippen molar-refractivity contribution in [2.45, 2.75) is 65.4 Å². The lowest BCUT2D eigenvalue weighted by Gasteiger charge is -2.36. The average Bonchev–Trinajstić information content (AvgIpc) is 3.21. The number of anilines is 1. The molecular formula is C19H28N2O3S. The van der Waals surface area contributed by atoms with Crippen LogP contribution in [0.3, 0.4) is 0 Å². The van der Waals surface area contributed by atoms with Crippen LogP contribution in [0.2, 0.25) is 0 Å². The molecule has 2 aliphatic rings. The normalized spacial score (nSPS) is 23.3. The van der Waals surface area contributed by atoms with Gasteiger partial charge in [-0.15, -0.1) is 11.3 Å². The minimum Gasteiger partial charge on any atom is -0.368 e. The zero-order valence-corrected chi connectivity index (χ0v) is 16.1. The smallest absolute Gasteiger partial charge is 0.254 e. The van der Waals surface area contributed by atoms with Gasteiger partial charge in [0.2, 0.25) is 0 Å². The molecule has 0 spiro atoms. The summed E-state index contributed by atoms with van der Waals surface area (Å²) in [6.07, 6.45) is 5.22. The Labute approximate surface area is 153 Å². The Kier molecular flexibility index (Phi) is 5.21. The van der Waals surface area contributed by atoms with Gasteiger partial charge in [-0.05, 0) is 49.0 Å². The van der Waals surface area contributed by atoms with Gasteiger partial charge in [-0.2, -0.15) is 0 Å². The van der Waals surface area contributed by atoms with E-state index in [1.165, 1.54) is 16.2 Å². The Balaban J connectivity index is 1.85. The van der Waals surface area contributed by atoms with E-state index in [-0.39, 0.29) is 11.3 Å². The number of nitrogens with one attached hydrogen (secondary N) is 1. The standard InChI is InChI=1S/C19H28N2O3S/c1-4-19(2,3)11-7-8-12-14(10-11)25-18(15(12)16(20)22)21-17(23)13-6-5-9-24-13/h11,13H,4-10H2,1-3H3,(H2,20,22)(H,21,23)/t11-,13-/m0/s1. The lowest BCUT2D eigenvalue weighted by Crippen LogP contribution is -2.29. The maximum Gasteiger partial charge on any atom is 0.254 e. The van der Waals surface area contributed by atoms with Gasteiger partial charge in [-0.3, -0.25) is 9.59 Å². The molecule has 2 atom stereocenters. The van der Waals surface area contributed by atoms with Crippen molar-refractivity contribution in [2.24, 2.45) is 17.1 Å². The highest BCUT2D eigenvalue weighted by molar-refractivity contribution is 7.17. The lowest BCUT2D eigenvalue weighted by molar-refractivity contribution is -0.124. The summed E-state index contributed by atoms with van der Waals surface area (Å²) in [5.41, 5.74) is 7.48. The number of carbonyl (C=O) groups excluding carboxylic acids is 2. The topological polar surface area (TPSA) is 81.4 Å². The molecule has 1 aliphatic heterocycles. The van der Waals surface area contributed by atoms with Crippen LogP contribution in [0.1, 0.15) is 67.3 Å². The van der Waals surface area contributed by atoms with Crippen LogP contribution in [0.4, 0.5) is 5.00 Å². The fourth-order valence-corrected chi connectivity index (χ4v) is 5.20. The number of primary amides is 1. The number of nitrogens with two attached hydrogens (primary N) is 1. The van der Waals surface area contributed by atoms with E-state index in [9.17, 15) is 9.59 Å². The number of hydrogen-bond donors (Lipinski definition) is 2. The number of carbonyl (C=O) groups is 2. The minimum atomic E-state index is -0.451. The van der Waals surface area contributed by atoms with Crippen molar-refractivity contribution in [1.82, 2.24) is 0 Å². The summed E-state index contributed by atoms with van der Waals surface area (Å²) in [5, 5.41) is 3.52. The highest BCUT2D eigenvalue weighted by Gasteiger charge is 2.35. The summed E-state index contributed by atoms with van der Waals surface area (Å²) >= 11 is 1.52. The van der Waals surface area contributed by atoms with Gasteiger partial charge >= 0.3 is 0 Å². The number of hydrogen-bond acceptors (Lipinski definition) is 4. The molecule has 2 amide bonds. The van der Waals surface area contributed by atoms with Crippen molar-refractivity contribution in [1.29, 1.82) is 0 Å². The minimum absolute atomic E-state index is 0.163. The highest BCUT2D eigenvalue weighted by atomic mass is 32.1. The fraction of sp³-hybridized carbons (Fsp3) is 0.684. The fourth-order valence-electron chi connectivity index (χ4n) is 3.87. The molecule has 3 N–H and O–H groups in total. The van der Waals surface area contributed by atoms with Crippen LogP contribution in [-0.4, -0.2) is 24.5 Å². The molecule has 0 aromatic carbocycles. The van der Waals surface area contributed by atoms with Crippen LogP contribution in [0, 0.1) is 11.3 Å². The van der Waals surface area contributed by atoms with Gasteiger partial charge in [0.1, 0.15) is 11.1 Å². The van der Waals surface area contributed by atoms with Crippen LogP contribution in [0.15, 0.2) is 0 Å². The number of thiophene rings is 1. The van der Waals surface area contributed by atoms with Crippen molar-refractivity contribution >= 4 is 28.2 Å². The quantitative estimate of drug-likeness (QED) is 0.839. The van der Waals surface area contributed by atoms with Gasteiger partial charge in [-0.25, -0.2) is 0 Å². The molecule has 1 aliphatic carbocycles. The first-order valence-corrected chi connectivity index (χ1v) is 10.0. The number of amides is 2. The molecule has 138 valence electrons. The third-order valence-electron chi connectivity index (χ3n) is 5.99. The summed E-state index contributed by atoms with van der Waals surface area (Å²) in [5.74, 6) is -0.0246. The van der Waals surface area contributed by atoms with E-state index < -0.39 is 12.0 Å². The summed E-state index contributed by atoms with van der Waals surface area (Å²) in [4.78, 5) is 25.6. The van der Waals surface area contributed by atoms with Gasteiger partial charge in [-0.1, -0.05) is 27.2 Å². The van der Waals surface area contributed by atoms with Crippen LogP contribution in [-0.2, 0) is 22.4 Å². The third kappa shape index (κ3) is 3.60. The second-order valence-electron chi connectivity index (χ2n) is 7.84. The van der Waals surface area contributed by atoms with Gasteiger partial charge in [0.05, 0.1) is 5.56 Å². The molecule has 0 unspecified atom stereocenters. The van der Waals surface area contributed by atoms with Gasteiger partial charge in [0.15, 0.2) is 0 Å². The van der Waals surface area contributed by atoms with Gasteiger partial charge in [0.25, 0.3) is 11.8 Å². The summed E-state index contributed by atoms with van der Waals surface area (Å²) in [6.45, 7) is 7.47. The Hall–Kier alpha value is -1.40. The molecule has 1 aromatic rings. The highest BCUT2D eigenvalue weighted by Crippen LogP contribution is 2.45. The Bertz CT molecular complexity index is 674. The third-order valence-corrected chi connectivity index (χ3v) is 7.16. The summed E-state index contributed by atoms with van der Waals surface area (Å²) in [6, 6.07) is 0. The van der Waals surface area contributed by atoms with Crippen molar-refractivity contribution in [2.75, 3.05) is 11.9 Å². The zero-order valence-electron chi connectivity index (χ0n) is 15.3. The van der Waals surface area contributed by atoms with E-state index >= 15 is 0 Å². The molecule has 1 aromatic heterocycles. The predicted octanol–water partition coefficient (Wildman–Crippen LogP) is 3.51. The Morgan fingerprint density at radius 1 is 1.36 bits per heavy atom. The monoisotopic (exact) mass is 364 g/mol. The van der Waals surface area contributed by atoms with Crippen LogP contribution in [0.25, 0.3) is 0 Å². The predicted molar refractivity (Wildman–Crippen MR) is 100 cm³/mol. The van der Waals surface area contributed by atoms with E-state index in [1.54, 1.807) is 0 Å². The zero-order chi connectivity index (χ0) is 18.2. The molecule has 0 bridgehead atoms. The first kappa shape index (κ1) is 18.4. The molecule has 6 heteroatoms. The summed E-state index contributed by atoms with van der Waals surface area (Å²) < 4.78 is 5.44. The molecule has 0 radical (unpaired) electrons. The van der Waals surface area contributed by atoms with E-state index in [2.05, 4.69) is 26.1 Å². The second kappa shape index (κ2) is 7.08. The van der Waals surface area contributed by atoms with Gasteiger partial charge in [0, 0.05) is 11.5 Å². The lowest BCUT2D eigenvalue weighted by atomic mass is 9.69. The molecule has 1 fully saturated rings. The molecule has 0 saturated carbocycles. The molecule has 5 nitrogen and oxygen atoms in total. The van der Waals surface area contributed by atoms with Crippen molar-refractivity contribution in [3.8, 4) is 0 Å². The van der Waals surface area contributed by atoms with E-state index in [0.29, 0.717) is 23.1 Å². The van der Waals surface area contributed by atoms with Crippen LogP contribution >= 0.6 is 11.3 Å². The SMILES string of the molecule is CCC(C)(C)[C@H]1CCc2c(sc(NC(=O)[C@@H]3CCCO3)c2C(N)=O)C1. The number of ether oxygens (including phenoxy) is 1.